The predicted octanol–water partition coefficient (Wildman–Crippen LogP) is 2.19. The number of hydrogen-bond acceptors (Lipinski definition) is 8. The van der Waals surface area contributed by atoms with E-state index in [0.29, 0.717) is 47.6 Å². The molecular weight excluding hydrogens is 360 g/mol. The van der Waals surface area contributed by atoms with Crippen LogP contribution >= 0.6 is 0 Å². The Bertz CT molecular complexity index is 967. The third kappa shape index (κ3) is 4.26. The van der Waals surface area contributed by atoms with Gasteiger partial charge in [0.05, 0.1) is 0 Å². The fourth-order valence-corrected chi connectivity index (χ4v) is 2.60. The lowest BCUT2D eigenvalue weighted by Crippen LogP contribution is -2.28. The number of carbonyl (C=O) groups is 1. The first-order valence-electron chi connectivity index (χ1n) is 8.70. The zero-order chi connectivity index (χ0) is 19.2. The van der Waals surface area contributed by atoms with E-state index in [2.05, 4.69) is 30.9 Å². The quantitative estimate of drug-likeness (QED) is 0.537. The molecule has 0 fully saturated rings. The highest BCUT2D eigenvalue weighted by molar-refractivity contribution is 5.94. The van der Waals surface area contributed by atoms with Crippen LogP contribution in [0.15, 0.2) is 55.0 Å². The second-order valence-electron chi connectivity index (χ2n) is 5.88. The average molecular weight is 378 g/mol. The predicted molar refractivity (Wildman–Crippen MR) is 103 cm³/mol. The van der Waals surface area contributed by atoms with Crippen molar-refractivity contribution in [2.45, 2.75) is 0 Å². The van der Waals surface area contributed by atoms with Gasteiger partial charge in [-0.3, -0.25) is 4.79 Å². The number of fused-ring (bicyclic) bond motifs is 1. The molecule has 1 aromatic carbocycles. The number of benzene rings is 1. The van der Waals surface area contributed by atoms with Crippen molar-refractivity contribution in [3.05, 3.63) is 60.6 Å². The average Bonchev–Trinajstić information content (AvgIpc) is 3.20. The number of hydrogen-bond donors (Lipinski definition) is 3. The summed E-state index contributed by atoms with van der Waals surface area (Å²) >= 11 is 0. The zero-order valence-electron chi connectivity index (χ0n) is 14.9. The van der Waals surface area contributed by atoms with Crippen LogP contribution in [0.2, 0.25) is 0 Å². The Labute approximate surface area is 161 Å². The molecule has 142 valence electrons. The molecule has 1 aliphatic rings. The topological polar surface area (TPSA) is 110 Å². The van der Waals surface area contributed by atoms with E-state index in [4.69, 9.17) is 9.47 Å². The monoisotopic (exact) mass is 378 g/mol. The molecule has 3 N–H and O–H groups in total. The number of nitrogens with one attached hydrogen (secondary N) is 3. The summed E-state index contributed by atoms with van der Waals surface area (Å²) in [6, 6.07) is 12.5. The van der Waals surface area contributed by atoms with Crippen molar-refractivity contribution in [1.82, 2.24) is 20.3 Å². The Morgan fingerprint density at radius 2 is 1.82 bits per heavy atom. The summed E-state index contributed by atoms with van der Waals surface area (Å²) in [6.07, 6.45) is 3.16. The van der Waals surface area contributed by atoms with E-state index in [1.807, 2.05) is 18.2 Å². The minimum Gasteiger partial charge on any atom is -0.454 e. The van der Waals surface area contributed by atoms with Crippen molar-refractivity contribution in [3.63, 3.8) is 0 Å². The van der Waals surface area contributed by atoms with Crippen molar-refractivity contribution >= 4 is 23.4 Å². The summed E-state index contributed by atoms with van der Waals surface area (Å²) in [5.74, 6) is 3.02. The number of carbonyl (C=O) groups excluding carboxylic acids is 1. The second kappa shape index (κ2) is 8.21. The maximum Gasteiger partial charge on any atom is 0.251 e. The molecule has 28 heavy (non-hydrogen) atoms. The first-order chi connectivity index (χ1) is 13.8. The maximum atomic E-state index is 12.2. The van der Waals surface area contributed by atoms with Crippen LogP contribution < -0.4 is 25.4 Å². The van der Waals surface area contributed by atoms with Crippen LogP contribution in [-0.4, -0.2) is 40.7 Å². The van der Waals surface area contributed by atoms with Crippen LogP contribution in [0.4, 0.5) is 17.5 Å². The lowest BCUT2D eigenvalue weighted by atomic mass is 10.2. The van der Waals surface area contributed by atoms with Gasteiger partial charge in [0.25, 0.3) is 5.91 Å². The van der Waals surface area contributed by atoms with Gasteiger partial charge in [-0.15, -0.1) is 0 Å². The number of aromatic nitrogens is 3. The molecule has 1 amide bonds. The summed E-state index contributed by atoms with van der Waals surface area (Å²) in [5, 5.41) is 9.10. The molecule has 0 aliphatic carbocycles. The Morgan fingerprint density at radius 1 is 0.929 bits per heavy atom. The number of rotatable bonds is 7. The minimum absolute atomic E-state index is 0.180. The third-order valence-electron chi connectivity index (χ3n) is 3.94. The second-order valence-corrected chi connectivity index (χ2v) is 5.88. The molecule has 1 aliphatic heterocycles. The van der Waals surface area contributed by atoms with Crippen LogP contribution in [-0.2, 0) is 0 Å². The fourth-order valence-electron chi connectivity index (χ4n) is 2.60. The van der Waals surface area contributed by atoms with Crippen molar-refractivity contribution in [3.8, 4) is 11.5 Å². The summed E-state index contributed by atoms with van der Waals surface area (Å²) in [6.45, 7) is 1.12. The van der Waals surface area contributed by atoms with Gasteiger partial charge in [0.1, 0.15) is 23.8 Å². The highest BCUT2D eigenvalue weighted by Crippen LogP contribution is 2.32. The zero-order valence-corrected chi connectivity index (χ0v) is 14.9. The van der Waals surface area contributed by atoms with Gasteiger partial charge < -0.3 is 25.4 Å². The number of anilines is 3. The molecule has 0 radical (unpaired) electrons. The first-order valence-corrected chi connectivity index (χ1v) is 8.70. The van der Waals surface area contributed by atoms with Gasteiger partial charge in [0, 0.05) is 30.9 Å². The molecule has 0 saturated heterocycles. The number of ether oxygens (including phenoxy) is 2. The molecule has 2 aromatic heterocycles. The van der Waals surface area contributed by atoms with Gasteiger partial charge in [-0.2, -0.15) is 0 Å². The number of amides is 1. The van der Waals surface area contributed by atoms with E-state index < -0.39 is 0 Å². The van der Waals surface area contributed by atoms with Crippen LogP contribution in [0.1, 0.15) is 10.4 Å². The minimum atomic E-state index is -0.180. The van der Waals surface area contributed by atoms with Crippen LogP contribution in [0.5, 0.6) is 11.5 Å². The van der Waals surface area contributed by atoms with E-state index in [0.717, 1.165) is 0 Å². The van der Waals surface area contributed by atoms with Gasteiger partial charge in [0.2, 0.25) is 6.79 Å². The summed E-state index contributed by atoms with van der Waals surface area (Å²) in [7, 11) is 0. The van der Waals surface area contributed by atoms with E-state index in [1.54, 1.807) is 30.5 Å². The van der Waals surface area contributed by atoms with Gasteiger partial charge in [-0.1, -0.05) is 6.07 Å². The Morgan fingerprint density at radius 3 is 2.71 bits per heavy atom. The molecule has 9 nitrogen and oxygen atoms in total. The maximum absolute atomic E-state index is 12.2. The van der Waals surface area contributed by atoms with Crippen LogP contribution in [0, 0.1) is 0 Å². The number of pyridine rings is 1. The first kappa shape index (κ1) is 17.5. The fraction of sp³-hybridized carbons (Fsp3) is 0.158. The van der Waals surface area contributed by atoms with Gasteiger partial charge >= 0.3 is 0 Å². The van der Waals surface area contributed by atoms with Crippen LogP contribution in [0.3, 0.4) is 0 Å². The lowest BCUT2D eigenvalue weighted by Gasteiger charge is -2.09. The Hall–Kier alpha value is -3.88. The summed E-state index contributed by atoms with van der Waals surface area (Å²) < 4.78 is 10.5. The molecule has 0 bridgehead atoms. The Kier molecular flexibility index (Phi) is 5.14. The van der Waals surface area contributed by atoms with Crippen molar-refractivity contribution in [1.29, 1.82) is 0 Å². The highest BCUT2D eigenvalue weighted by atomic mass is 16.7. The van der Waals surface area contributed by atoms with E-state index in [-0.39, 0.29) is 12.7 Å². The molecule has 0 saturated carbocycles. The smallest absolute Gasteiger partial charge is 0.251 e. The van der Waals surface area contributed by atoms with Gasteiger partial charge in [0.15, 0.2) is 11.5 Å². The standard InChI is InChI=1S/C19H18N6O3/c26-19(13-4-5-14-15(9-13)28-12-27-14)22-8-7-21-17-10-18(24-11-23-17)25-16-3-1-2-6-20-16/h1-6,9-11H,7-8,12H2,(H,22,26)(H2,20,21,23,24,25). The lowest BCUT2D eigenvalue weighted by molar-refractivity contribution is 0.0954. The molecular formula is C19H18N6O3. The van der Waals surface area contributed by atoms with E-state index >= 15 is 0 Å². The SMILES string of the molecule is O=C(NCCNc1cc(Nc2ccccn2)ncn1)c1ccc2c(c1)OCO2. The van der Waals surface area contributed by atoms with Crippen molar-refractivity contribution in [2.24, 2.45) is 0 Å². The molecule has 3 aromatic rings. The number of nitrogens with zero attached hydrogens (tertiary/aromatic N) is 3. The van der Waals surface area contributed by atoms with Gasteiger partial charge in [-0.25, -0.2) is 15.0 Å². The normalized spacial score (nSPS) is 11.7. The highest BCUT2D eigenvalue weighted by Gasteiger charge is 2.15. The van der Waals surface area contributed by atoms with Crippen molar-refractivity contribution in [2.75, 3.05) is 30.5 Å². The summed E-state index contributed by atoms with van der Waals surface area (Å²) in [5.41, 5.74) is 0.521. The third-order valence-corrected chi connectivity index (χ3v) is 3.94. The molecule has 3 heterocycles. The molecule has 9 heteroatoms. The molecule has 0 atom stereocenters. The molecule has 0 spiro atoms. The summed E-state index contributed by atoms with van der Waals surface area (Å²) in [4.78, 5) is 24.8. The van der Waals surface area contributed by atoms with Crippen molar-refractivity contribution < 1.29 is 14.3 Å². The molecule has 0 unspecified atom stereocenters. The molecule has 4 rings (SSSR count). The Balaban J connectivity index is 1.26. The van der Waals surface area contributed by atoms with E-state index in [9.17, 15) is 4.79 Å². The van der Waals surface area contributed by atoms with E-state index in [1.165, 1.54) is 6.33 Å². The van der Waals surface area contributed by atoms with Crippen LogP contribution in [0.25, 0.3) is 0 Å². The van der Waals surface area contributed by atoms with Gasteiger partial charge in [-0.05, 0) is 30.3 Å². The largest absolute Gasteiger partial charge is 0.454 e.